The highest BCUT2D eigenvalue weighted by atomic mass is 15.3. The molecule has 0 unspecified atom stereocenters. The molecule has 0 atom stereocenters. The number of anilines is 6. The van der Waals surface area contributed by atoms with Crippen LogP contribution in [0.15, 0.2) is 291 Å². The van der Waals surface area contributed by atoms with Gasteiger partial charge in [-0.2, -0.15) is 9.97 Å². The largest absolute Gasteiger partial charge is 0.309 e. The first-order chi connectivity index (χ1) is 43.1. The molecule has 4 aromatic heterocycles. The zero-order valence-corrected chi connectivity index (χ0v) is 46.6. The molecule has 5 heterocycles. The van der Waals surface area contributed by atoms with Crippen LogP contribution in [-0.2, 0) is 0 Å². The van der Waals surface area contributed by atoms with E-state index in [0.717, 1.165) is 94.9 Å². The second-order valence-corrected chi connectivity index (χ2v) is 21.0. The van der Waals surface area contributed by atoms with Gasteiger partial charge in [-0.3, -0.25) is 4.90 Å². The van der Waals surface area contributed by atoms with Gasteiger partial charge in [0.05, 0.1) is 39.5 Å². The fourth-order valence-corrected chi connectivity index (χ4v) is 11.6. The monoisotopic (exact) mass is 1120 g/mol. The minimum absolute atomic E-state index is 0.445. The summed E-state index contributed by atoms with van der Waals surface area (Å²) in [4.78, 5) is 52.1. The van der Waals surface area contributed by atoms with E-state index in [-0.39, 0.29) is 0 Å². The molecule has 408 valence electrons. The summed E-state index contributed by atoms with van der Waals surface area (Å²) in [5.74, 6) is 4.59. The average Bonchev–Trinajstić information content (AvgIpc) is 1.61. The minimum Gasteiger partial charge on any atom is -0.309 e. The molecule has 0 amide bonds. The predicted octanol–water partition coefficient (Wildman–Crippen LogP) is 17.9. The first-order valence-electron chi connectivity index (χ1n) is 28.7. The quantitative estimate of drug-likeness (QED) is 0.123. The third kappa shape index (κ3) is 9.27. The Morgan fingerprint density at radius 1 is 0.207 bits per heavy atom. The number of aromatic nitrogens is 10. The maximum atomic E-state index is 5.43. The van der Waals surface area contributed by atoms with Crippen molar-refractivity contribution in [3.8, 4) is 96.8 Å². The highest BCUT2D eigenvalue weighted by Crippen LogP contribution is 2.56. The Bertz CT molecular complexity index is 4820. The molecule has 0 N–H and O–H groups in total. The van der Waals surface area contributed by atoms with Crippen LogP contribution in [0, 0.1) is 0 Å². The first-order valence-corrected chi connectivity index (χ1v) is 28.7. The lowest BCUT2D eigenvalue weighted by molar-refractivity contribution is 1.01. The van der Waals surface area contributed by atoms with Gasteiger partial charge in [0.25, 0.3) is 0 Å². The summed E-state index contributed by atoms with van der Waals surface area (Å²) in [6.45, 7) is 0. The Balaban J connectivity index is 0.981. The molecule has 0 saturated heterocycles. The molecule has 12 nitrogen and oxygen atoms in total. The standard InChI is InChI=1S/C75H48N12/c1-7-25-49(26-8-1)67-76-68(50-27-9-2-10-28-50)79-73(78-67)55-43-45-62(59(47-55)74-81-69(51-29-11-3-12-30-51)77-70(82-74)52-31-13-4-14-32-52)86-63-41-23-24-42-64(63)87(75-83-71(53-33-15-5-16-34-53)80-72(84-75)54-35-17-6-18-36-54)66-48-56(44-46-65(66)86)85-60-39-21-19-37-57(60)58-38-20-22-40-61(58)85/h1-48H. The van der Waals surface area contributed by atoms with E-state index in [2.05, 4.69) is 124 Å². The van der Waals surface area contributed by atoms with Gasteiger partial charge < -0.3 is 9.47 Å². The maximum absolute atomic E-state index is 5.43. The average molecular weight is 1120 g/mol. The number of benzene rings is 11. The molecular formula is C75H48N12. The van der Waals surface area contributed by atoms with Crippen LogP contribution in [0.5, 0.6) is 0 Å². The second-order valence-electron chi connectivity index (χ2n) is 21.0. The summed E-state index contributed by atoms with van der Waals surface area (Å²) in [6, 6.07) is 98.9. The Morgan fingerprint density at radius 2 is 0.529 bits per heavy atom. The third-order valence-corrected chi connectivity index (χ3v) is 15.7. The molecule has 12 heteroatoms. The molecule has 0 radical (unpaired) electrons. The van der Waals surface area contributed by atoms with Crippen LogP contribution in [0.3, 0.4) is 0 Å². The van der Waals surface area contributed by atoms with Crippen molar-refractivity contribution in [2.24, 2.45) is 0 Å². The minimum atomic E-state index is 0.445. The van der Waals surface area contributed by atoms with Crippen LogP contribution in [0.4, 0.5) is 34.4 Å². The first kappa shape index (κ1) is 50.6. The fourth-order valence-electron chi connectivity index (χ4n) is 11.6. The van der Waals surface area contributed by atoms with Crippen molar-refractivity contribution < 1.29 is 0 Å². The van der Waals surface area contributed by atoms with Gasteiger partial charge in [0, 0.05) is 61.0 Å². The molecule has 1 aliphatic heterocycles. The van der Waals surface area contributed by atoms with Crippen molar-refractivity contribution in [2.45, 2.75) is 0 Å². The van der Waals surface area contributed by atoms with E-state index in [1.807, 2.05) is 182 Å². The summed E-state index contributed by atoms with van der Waals surface area (Å²) in [5, 5.41) is 2.31. The second kappa shape index (κ2) is 21.6. The Labute approximate surface area is 500 Å². The summed E-state index contributed by atoms with van der Waals surface area (Å²) < 4.78 is 2.34. The Hall–Kier alpha value is -12.2. The van der Waals surface area contributed by atoms with Gasteiger partial charge in [0.2, 0.25) is 5.95 Å². The molecule has 15 aromatic rings. The van der Waals surface area contributed by atoms with Gasteiger partial charge >= 0.3 is 0 Å². The van der Waals surface area contributed by atoms with Gasteiger partial charge in [0.15, 0.2) is 46.6 Å². The number of fused-ring (bicyclic) bond motifs is 5. The molecule has 1 aliphatic rings. The molecule has 11 aromatic carbocycles. The Kier molecular flexibility index (Phi) is 12.5. The summed E-state index contributed by atoms with van der Waals surface area (Å²) in [6.07, 6.45) is 0. The third-order valence-electron chi connectivity index (χ3n) is 15.7. The van der Waals surface area contributed by atoms with Crippen molar-refractivity contribution in [3.63, 3.8) is 0 Å². The highest BCUT2D eigenvalue weighted by molar-refractivity contribution is 6.10. The number of nitrogens with zero attached hydrogens (tertiary/aromatic N) is 12. The van der Waals surface area contributed by atoms with Gasteiger partial charge in [-0.15, -0.1) is 0 Å². The van der Waals surface area contributed by atoms with E-state index in [1.54, 1.807) is 0 Å². The van der Waals surface area contributed by atoms with Gasteiger partial charge in [-0.05, 0) is 60.7 Å². The number of hydrogen-bond donors (Lipinski definition) is 0. The van der Waals surface area contributed by atoms with Gasteiger partial charge in [0.1, 0.15) is 0 Å². The smallest absolute Gasteiger partial charge is 0.238 e. The van der Waals surface area contributed by atoms with Crippen molar-refractivity contribution in [1.29, 1.82) is 0 Å². The molecule has 0 fully saturated rings. The molecule has 0 spiro atoms. The number of para-hydroxylation sites is 4. The highest BCUT2D eigenvalue weighted by Gasteiger charge is 2.35. The molecule has 0 saturated carbocycles. The van der Waals surface area contributed by atoms with E-state index >= 15 is 0 Å². The zero-order valence-electron chi connectivity index (χ0n) is 46.6. The van der Waals surface area contributed by atoms with Crippen LogP contribution >= 0.6 is 0 Å². The number of hydrogen-bond acceptors (Lipinski definition) is 11. The van der Waals surface area contributed by atoms with Crippen molar-refractivity contribution in [3.05, 3.63) is 291 Å². The summed E-state index contributed by atoms with van der Waals surface area (Å²) in [5.41, 5.74) is 13.8. The molecule has 87 heavy (non-hydrogen) atoms. The van der Waals surface area contributed by atoms with Crippen LogP contribution in [0.1, 0.15) is 0 Å². The lowest BCUT2D eigenvalue weighted by Crippen LogP contribution is -2.26. The summed E-state index contributed by atoms with van der Waals surface area (Å²) >= 11 is 0. The lowest BCUT2D eigenvalue weighted by Gasteiger charge is -2.40. The normalized spacial score (nSPS) is 11.9. The maximum Gasteiger partial charge on any atom is 0.238 e. The van der Waals surface area contributed by atoms with Crippen molar-refractivity contribution >= 4 is 56.2 Å². The topological polar surface area (TPSA) is 127 Å². The molecule has 0 bridgehead atoms. The number of rotatable bonds is 11. The van der Waals surface area contributed by atoms with E-state index in [1.165, 1.54) is 0 Å². The van der Waals surface area contributed by atoms with Crippen LogP contribution < -0.4 is 9.80 Å². The predicted molar refractivity (Wildman–Crippen MR) is 347 cm³/mol. The van der Waals surface area contributed by atoms with E-state index in [9.17, 15) is 0 Å². The molecule has 16 rings (SSSR count). The van der Waals surface area contributed by atoms with Crippen molar-refractivity contribution in [2.75, 3.05) is 9.80 Å². The Morgan fingerprint density at radius 3 is 0.954 bits per heavy atom. The lowest BCUT2D eigenvalue weighted by atomic mass is 10.0. The van der Waals surface area contributed by atoms with Crippen molar-refractivity contribution in [1.82, 2.24) is 49.4 Å². The SMILES string of the molecule is c1ccc(-c2nc(-c3ccccc3)nc(-c3ccc(N4c5ccccc5N(c5nc(-c6ccccc6)nc(-c6ccccc6)n5)c5cc(-n6c7ccccc7c7ccccc76)ccc54)c(-c4nc(-c5ccccc5)nc(-c5ccccc5)n4)c3)n2)cc1. The molecule has 0 aliphatic carbocycles. The van der Waals surface area contributed by atoms with Gasteiger partial charge in [-0.1, -0.05) is 231 Å². The fraction of sp³-hybridized carbons (Fsp3) is 0. The van der Waals surface area contributed by atoms with Crippen LogP contribution in [-0.4, -0.2) is 49.4 Å². The van der Waals surface area contributed by atoms with E-state index in [0.29, 0.717) is 58.1 Å². The van der Waals surface area contributed by atoms with Crippen LogP contribution in [0.2, 0.25) is 0 Å². The van der Waals surface area contributed by atoms with Crippen LogP contribution in [0.25, 0.3) is 119 Å². The molecular weight excluding hydrogens is 1070 g/mol. The zero-order chi connectivity index (χ0) is 57.6. The van der Waals surface area contributed by atoms with E-state index < -0.39 is 0 Å². The van der Waals surface area contributed by atoms with Gasteiger partial charge in [-0.25, -0.2) is 34.9 Å². The van der Waals surface area contributed by atoms with E-state index in [4.69, 9.17) is 44.9 Å². The summed E-state index contributed by atoms with van der Waals surface area (Å²) in [7, 11) is 0.